The number of benzene rings is 1. The van der Waals surface area contributed by atoms with E-state index >= 15 is 0 Å². The second kappa shape index (κ2) is 8.54. The molecule has 2 heteroatoms. The zero-order valence-electron chi connectivity index (χ0n) is 14.7. The topological polar surface area (TPSA) is 12.9 Å². The van der Waals surface area contributed by atoms with E-state index in [0.29, 0.717) is 23.7 Å². The van der Waals surface area contributed by atoms with Gasteiger partial charge in [0, 0.05) is 22.7 Å². The van der Waals surface area contributed by atoms with Crippen LogP contribution < -0.4 is 0 Å². The molecule has 1 nitrogen and oxygen atoms in total. The van der Waals surface area contributed by atoms with Crippen molar-refractivity contribution in [1.82, 2.24) is 4.98 Å². The summed E-state index contributed by atoms with van der Waals surface area (Å²) in [6.07, 6.45) is 4.18. The number of thiol groups is 1. The smallest absolute Gasteiger partial charge is 0.0440 e. The van der Waals surface area contributed by atoms with Crippen LogP contribution in [0.25, 0.3) is 0 Å². The standard InChI is InChI=1S/C21H29NS/c1-5-16(4)18(14-17-10-6-7-12-20(17)23)21(15(2)3)19-11-8-9-13-22-19/h6-13,15-16,18,21,23H,5,14H2,1-4H3. The van der Waals surface area contributed by atoms with Crippen LogP contribution in [0.15, 0.2) is 53.6 Å². The summed E-state index contributed by atoms with van der Waals surface area (Å²) >= 11 is 4.66. The van der Waals surface area contributed by atoms with E-state index in [1.807, 2.05) is 12.3 Å². The fourth-order valence-electron chi connectivity index (χ4n) is 3.55. The van der Waals surface area contributed by atoms with Gasteiger partial charge in [-0.1, -0.05) is 58.4 Å². The maximum Gasteiger partial charge on any atom is 0.0440 e. The summed E-state index contributed by atoms with van der Waals surface area (Å²) in [7, 11) is 0. The Kier molecular flexibility index (Phi) is 6.71. The molecule has 0 saturated carbocycles. The second-order valence-corrected chi connectivity index (χ2v) is 7.39. The Labute approximate surface area is 147 Å². The summed E-state index contributed by atoms with van der Waals surface area (Å²) in [5.74, 6) is 2.26. The van der Waals surface area contributed by atoms with Gasteiger partial charge in [-0.05, 0) is 47.9 Å². The average Bonchev–Trinajstić information content (AvgIpc) is 2.56. The summed E-state index contributed by atoms with van der Waals surface area (Å²) in [6, 6.07) is 14.8. The van der Waals surface area contributed by atoms with Crippen LogP contribution in [-0.2, 0) is 6.42 Å². The lowest BCUT2D eigenvalue weighted by Gasteiger charge is -2.34. The lowest BCUT2D eigenvalue weighted by molar-refractivity contribution is 0.240. The summed E-state index contributed by atoms with van der Waals surface area (Å²) in [5, 5.41) is 0. The molecule has 1 aromatic heterocycles. The summed E-state index contributed by atoms with van der Waals surface area (Å²) in [5.41, 5.74) is 2.58. The van der Waals surface area contributed by atoms with Gasteiger partial charge in [-0.3, -0.25) is 4.98 Å². The monoisotopic (exact) mass is 327 g/mol. The third kappa shape index (κ3) is 4.60. The first kappa shape index (κ1) is 18.1. The number of hydrogen-bond acceptors (Lipinski definition) is 2. The summed E-state index contributed by atoms with van der Waals surface area (Å²) < 4.78 is 0. The zero-order chi connectivity index (χ0) is 16.8. The number of nitrogens with zero attached hydrogens (tertiary/aromatic N) is 1. The largest absolute Gasteiger partial charge is 0.261 e. The van der Waals surface area contributed by atoms with E-state index in [4.69, 9.17) is 0 Å². The Morgan fingerprint density at radius 1 is 1.00 bits per heavy atom. The van der Waals surface area contributed by atoms with E-state index in [2.05, 4.69) is 81.7 Å². The first-order valence-electron chi connectivity index (χ1n) is 8.72. The molecule has 2 aromatic rings. The minimum absolute atomic E-state index is 0.471. The van der Waals surface area contributed by atoms with Crippen molar-refractivity contribution in [3.63, 3.8) is 0 Å². The molecular formula is C21H29NS. The minimum Gasteiger partial charge on any atom is -0.261 e. The third-order valence-corrected chi connectivity index (χ3v) is 5.47. The predicted octanol–water partition coefficient (Wildman–Crippen LogP) is 6.01. The van der Waals surface area contributed by atoms with Crippen LogP contribution in [-0.4, -0.2) is 4.98 Å². The van der Waals surface area contributed by atoms with E-state index < -0.39 is 0 Å². The highest BCUT2D eigenvalue weighted by Crippen LogP contribution is 2.39. The van der Waals surface area contributed by atoms with Crippen molar-refractivity contribution in [3.8, 4) is 0 Å². The van der Waals surface area contributed by atoms with E-state index in [1.165, 1.54) is 17.7 Å². The van der Waals surface area contributed by atoms with Crippen molar-refractivity contribution in [2.75, 3.05) is 0 Å². The number of rotatable bonds is 7. The van der Waals surface area contributed by atoms with Crippen LogP contribution in [0.1, 0.15) is 51.3 Å². The maximum atomic E-state index is 4.68. The molecule has 0 bridgehead atoms. The van der Waals surface area contributed by atoms with Crippen LogP contribution >= 0.6 is 12.6 Å². The van der Waals surface area contributed by atoms with Gasteiger partial charge in [0.05, 0.1) is 0 Å². The summed E-state index contributed by atoms with van der Waals surface area (Å²) in [6.45, 7) is 9.31. The highest BCUT2D eigenvalue weighted by molar-refractivity contribution is 7.80. The fraction of sp³-hybridized carbons (Fsp3) is 0.476. The Hall–Kier alpha value is -1.28. The van der Waals surface area contributed by atoms with Gasteiger partial charge in [-0.25, -0.2) is 0 Å². The molecule has 0 aliphatic rings. The fourth-order valence-corrected chi connectivity index (χ4v) is 3.80. The molecule has 0 saturated heterocycles. The zero-order valence-corrected chi connectivity index (χ0v) is 15.6. The molecular weight excluding hydrogens is 298 g/mol. The van der Waals surface area contributed by atoms with Crippen molar-refractivity contribution >= 4 is 12.6 Å². The Balaban J connectivity index is 2.37. The molecule has 0 aliphatic carbocycles. The molecule has 2 rings (SSSR count). The van der Waals surface area contributed by atoms with Gasteiger partial charge in [-0.15, -0.1) is 12.6 Å². The maximum absolute atomic E-state index is 4.68. The Bertz CT molecular complexity index is 594. The lowest BCUT2D eigenvalue weighted by Crippen LogP contribution is -2.27. The van der Waals surface area contributed by atoms with Crippen LogP contribution in [0.3, 0.4) is 0 Å². The van der Waals surface area contributed by atoms with Gasteiger partial charge in [0.2, 0.25) is 0 Å². The first-order valence-corrected chi connectivity index (χ1v) is 9.17. The Morgan fingerprint density at radius 3 is 2.26 bits per heavy atom. The molecule has 0 aliphatic heterocycles. The molecule has 3 atom stereocenters. The molecule has 3 unspecified atom stereocenters. The molecule has 0 N–H and O–H groups in total. The van der Waals surface area contributed by atoms with Gasteiger partial charge in [0.15, 0.2) is 0 Å². The van der Waals surface area contributed by atoms with Crippen molar-refractivity contribution in [1.29, 1.82) is 0 Å². The van der Waals surface area contributed by atoms with Gasteiger partial charge in [0.25, 0.3) is 0 Å². The van der Waals surface area contributed by atoms with E-state index in [0.717, 1.165) is 11.3 Å². The van der Waals surface area contributed by atoms with Crippen LogP contribution in [0.5, 0.6) is 0 Å². The summed E-state index contributed by atoms with van der Waals surface area (Å²) in [4.78, 5) is 5.78. The highest BCUT2D eigenvalue weighted by Gasteiger charge is 2.31. The third-order valence-electron chi connectivity index (χ3n) is 5.03. The average molecular weight is 328 g/mol. The quantitative estimate of drug-likeness (QED) is 0.614. The number of hydrogen-bond donors (Lipinski definition) is 1. The molecule has 23 heavy (non-hydrogen) atoms. The van der Waals surface area contributed by atoms with Crippen molar-refractivity contribution < 1.29 is 0 Å². The van der Waals surface area contributed by atoms with E-state index in [9.17, 15) is 0 Å². The predicted molar refractivity (Wildman–Crippen MR) is 102 cm³/mol. The van der Waals surface area contributed by atoms with Crippen LogP contribution in [0.2, 0.25) is 0 Å². The van der Waals surface area contributed by atoms with E-state index in [1.54, 1.807) is 0 Å². The Morgan fingerprint density at radius 2 is 1.70 bits per heavy atom. The van der Waals surface area contributed by atoms with E-state index in [-0.39, 0.29) is 0 Å². The van der Waals surface area contributed by atoms with Crippen molar-refractivity contribution in [2.24, 2.45) is 17.8 Å². The van der Waals surface area contributed by atoms with Crippen molar-refractivity contribution in [3.05, 3.63) is 59.9 Å². The van der Waals surface area contributed by atoms with Crippen molar-refractivity contribution in [2.45, 2.75) is 51.3 Å². The molecule has 0 radical (unpaired) electrons. The van der Waals surface area contributed by atoms with Crippen LogP contribution in [0, 0.1) is 17.8 Å². The molecule has 1 heterocycles. The minimum atomic E-state index is 0.471. The van der Waals surface area contributed by atoms with Gasteiger partial charge in [0.1, 0.15) is 0 Å². The molecule has 1 aromatic carbocycles. The molecule has 0 amide bonds. The first-order chi connectivity index (χ1) is 11.0. The van der Waals surface area contributed by atoms with Gasteiger partial charge >= 0.3 is 0 Å². The normalized spacial score (nSPS) is 15.4. The number of pyridine rings is 1. The number of aromatic nitrogens is 1. The molecule has 124 valence electrons. The molecule has 0 spiro atoms. The molecule has 0 fully saturated rings. The highest BCUT2D eigenvalue weighted by atomic mass is 32.1. The van der Waals surface area contributed by atoms with Gasteiger partial charge in [-0.2, -0.15) is 0 Å². The van der Waals surface area contributed by atoms with Gasteiger partial charge < -0.3 is 0 Å². The lowest BCUT2D eigenvalue weighted by atomic mass is 9.71. The second-order valence-electron chi connectivity index (χ2n) is 6.91. The SMILES string of the molecule is CCC(C)C(Cc1ccccc1S)C(c1ccccn1)C(C)C. The van der Waals surface area contributed by atoms with Crippen LogP contribution in [0.4, 0.5) is 0 Å².